The first kappa shape index (κ1) is 13.4. The highest BCUT2D eigenvalue weighted by molar-refractivity contribution is 5.27. The average Bonchev–Trinajstić information content (AvgIpc) is 2.40. The highest BCUT2D eigenvalue weighted by Crippen LogP contribution is 2.29. The Labute approximate surface area is 110 Å². The van der Waals surface area contributed by atoms with Gasteiger partial charge in [-0.1, -0.05) is 38.3 Å². The lowest BCUT2D eigenvalue weighted by atomic mass is 9.82. The maximum absolute atomic E-state index is 9.32. The fourth-order valence-corrected chi connectivity index (χ4v) is 3.10. The van der Waals surface area contributed by atoms with Gasteiger partial charge in [-0.25, -0.2) is 0 Å². The summed E-state index contributed by atoms with van der Waals surface area (Å²) in [7, 11) is 0. The molecule has 0 spiro atoms. The van der Waals surface area contributed by atoms with E-state index in [1.54, 1.807) is 12.1 Å². The van der Waals surface area contributed by atoms with Crippen molar-refractivity contribution in [2.45, 2.75) is 58.0 Å². The van der Waals surface area contributed by atoms with Crippen LogP contribution in [0.2, 0.25) is 0 Å². The van der Waals surface area contributed by atoms with Crippen LogP contribution in [0, 0.1) is 5.92 Å². The summed E-state index contributed by atoms with van der Waals surface area (Å²) in [6.45, 7) is 4.52. The Morgan fingerprint density at radius 1 is 1.22 bits per heavy atom. The van der Waals surface area contributed by atoms with Gasteiger partial charge in [0.1, 0.15) is 5.75 Å². The van der Waals surface area contributed by atoms with E-state index in [2.05, 4.69) is 19.2 Å². The molecular formula is C16H25NO. The molecule has 2 N–H and O–H groups in total. The predicted molar refractivity (Wildman–Crippen MR) is 75.7 cm³/mol. The Bertz CT molecular complexity index is 360. The second-order valence-corrected chi connectivity index (χ2v) is 5.54. The molecule has 2 rings (SSSR count). The summed E-state index contributed by atoms with van der Waals surface area (Å²) in [6.07, 6.45) is 6.71. The van der Waals surface area contributed by atoms with Gasteiger partial charge in [-0.2, -0.15) is 0 Å². The normalized spacial score (nSPS) is 25.9. The van der Waals surface area contributed by atoms with Gasteiger partial charge in [0.15, 0.2) is 0 Å². The summed E-state index contributed by atoms with van der Waals surface area (Å²) < 4.78 is 0. The third kappa shape index (κ3) is 3.26. The van der Waals surface area contributed by atoms with E-state index < -0.39 is 0 Å². The highest BCUT2D eigenvalue weighted by atomic mass is 16.3. The number of hydrogen-bond acceptors (Lipinski definition) is 2. The Morgan fingerprint density at radius 2 is 1.89 bits per heavy atom. The number of phenolic OH excluding ortho intramolecular Hbond substituents is 1. The maximum atomic E-state index is 9.32. The molecule has 1 aromatic rings. The fourth-order valence-electron chi connectivity index (χ4n) is 3.10. The van der Waals surface area contributed by atoms with Gasteiger partial charge in [-0.15, -0.1) is 0 Å². The topological polar surface area (TPSA) is 32.3 Å². The molecule has 0 saturated heterocycles. The molecule has 1 aliphatic carbocycles. The Hall–Kier alpha value is -1.02. The molecule has 3 unspecified atom stereocenters. The van der Waals surface area contributed by atoms with E-state index in [4.69, 9.17) is 0 Å². The van der Waals surface area contributed by atoms with Gasteiger partial charge in [0.25, 0.3) is 0 Å². The molecule has 1 aliphatic rings. The summed E-state index contributed by atoms with van der Waals surface area (Å²) in [5, 5.41) is 13.1. The Balaban J connectivity index is 1.97. The third-order valence-electron chi connectivity index (χ3n) is 4.29. The largest absolute Gasteiger partial charge is 0.508 e. The molecule has 0 aromatic heterocycles. The summed E-state index contributed by atoms with van der Waals surface area (Å²) in [4.78, 5) is 0. The Morgan fingerprint density at radius 3 is 2.56 bits per heavy atom. The molecule has 1 aromatic carbocycles. The monoisotopic (exact) mass is 247 g/mol. The van der Waals surface area contributed by atoms with E-state index in [9.17, 15) is 5.11 Å². The van der Waals surface area contributed by atoms with Crippen LogP contribution < -0.4 is 5.32 Å². The smallest absolute Gasteiger partial charge is 0.115 e. The second kappa shape index (κ2) is 6.24. The standard InChI is InChI=1S/C16H25NO/c1-3-13-6-4-5-7-16(13)17-12(2)14-8-10-15(18)11-9-14/h8-13,16-18H,3-7H2,1-2H3. The number of rotatable bonds is 4. The summed E-state index contributed by atoms with van der Waals surface area (Å²) in [6, 6.07) is 8.58. The number of benzene rings is 1. The van der Waals surface area contributed by atoms with Crippen molar-refractivity contribution in [1.82, 2.24) is 5.32 Å². The van der Waals surface area contributed by atoms with E-state index in [0.29, 0.717) is 17.8 Å². The van der Waals surface area contributed by atoms with Crippen LogP contribution in [0.4, 0.5) is 0 Å². The minimum Gasteiger partial charge on any atom is -0.508 e. The van der Waals surface area contributed by atoms with Gasteiger partial charge >= 0.3 is 0 Å². The molecule has 1 fully saturated rings. The van der Waals surface area contributed by atoms with Crippen molar-refractivity contribution < 1.29 is 5.11 Å². The predicted octanol–water partition coefficient (Wildman–Crippen LogP) is 4.01. The van der Waals surface area contributed by atoms with Gasteiger partial charge in [0.05, 0.1) is 0 Å². The quantitative estimate of drug-likeness (QED) is 0.842. The van der Waals surface area contributed by atoms with Crippen molar-refractivity contribution in [3.05, 3.63) is 29.8 Å². The van der Waals surface area contributed by atoms with Gasteiger partial charge in [0, 0.05) is 12.1 Å². The summed E-state index contributed by atoms with van der Waals surface area (Å²) in [5.74, 6) is 1.17. The van der Waals surface area contributed by atoms with Crippen molar-refractivity contribution in [2.24, 2.45) is 5.92 Å². The first-order chi connectivity index (χ1) is 8.70. The molecule has 18 heavy (non-hydrogen) atoms. The number of hydrogen-bond donors (Lipinski definition) is 2. The van der Waals surface area contributed by atoms with Crippen LogP contribution in [-0.2, 0) is 0 Å². The summed E-state index contributed by atoms with van der Waals surface area (Å²) >= 11 is 0. The van der Waals surface area contributed by atoms with E-state index in [1.807, 2.05) is 12.1 Å². The van der Waals surface area contributed by atoms with Crippen LogP contribution in [0.25, 0.3) is 0 Å². The number of phenols is 1. The number of aromatic hydroxyl groups is 1. The van der Waals surface area contributed by atoms with Gasteiger partial charge in [-0.05, 0) is 43.4 Å². The maximum Gasteiger partial charge on any atom is 0.115 e. The van der Waals surface area contributed by atoms with Crippen LogP contribution in [0.5, 0.6) is 5.75 Å². The second-order valence-electron chi connectivity index (χ2n) is 5.54. The molecular weight excluding hydrogens is 222 g/mol. The zero-order valence-electron chi connectivity index (χ0n) is 11.5. The van der Waals surface area contributed by atoms with Crippen molar-refractivity contribution in [2.75, 3.05) is 0 Å². The van der Waals surface area contributed by atoms with Gasteiger partial charge < -0.3 is 10.4 Å². The molecule has 0 bridgehead atoms. The van der Waals surface area contributed by atoms with E-state index >= 15 is 0 Å². The lowest BCUT2D eigenvalue weighted by Gasteiger charge is -2.34. The third-order valence-corrected chi connectivity index (χ3v) is 4.29. The molecule has 100 valence electrons. The summed E-state index contributed by atoms with van der Waals surface area (Å²) in [5.41, 5.74) is 1.26. The van der Waals surface area contributed by atoms with Gasteiger partial charge in [-0.3, -0.25) is 0 Å². The van der Waals surface area contributed by atoms with Crippen LogP contribution in [0.15, 0.2) is 24.3 Å². The van der Waals surface area contributed by atoms with Crippen LogP contribution in [0.3, 0.4) is 0 Å². The molecule has 3 atom stereocenters. The molecule has 1 saturated carbocycles. The van der Waals surface area contributed by atoms with Crippen molar-refractivity contribution >= 4 is 0 Å². The van der Waals surface area contributed by atoms with Crippen molar-refractivity contribution in [3.63, 3.8) is 0 Å². The van der Waals surface area contributed by atoms with E-state index in [0.717, 1.165) is 5.92 Å². The minimum atomic E-state index is 0.343. The van der Waals surface area contributed by atoms with Crippen molar-refractivity contribution in [3.8, 4) is 5.75 Å². The zero-order chi connectivity index (χ0) is 13.0. The highest BCUT2D eigenvalue weighted by Gasteiger charge is 2.24. The lowest BCUT2D eigenvalue weighted by molar-refractivity contribution is 0.240. The first-order valence-corrected chi connectivity index (χ1v) is 7.25. The molecule has 2 nitrogen and oxygen atoms in total. The van der Waals surface area contributed by atoms with Crippen molar-refractivity contribution in [1.29, 1.82) is 0 Å². The van der Waals surface area contributed by atoms with Crippen LogP contribution in [-0.4, -0.2) is 11.1 Å². The zero-order valence-corrected chi connectivity index (χ0v) is 11.5. The SMILES string of the molecule is CCC1CCCCC1NC(C)c1ccc(O)cc1. The average molecular weight is 247 g/mol. The van der Waals surface area contributed by atoms with Crippen LogP contribution in [0.1, 0.15) is 57.6 Å². The molecule has 0 radical (unpaired) electrons. The van der Waals surface area contributed by atoms with Crippen LogP contribution >= 0.6 is 0 Å². The number of nitrogens with one attached hydrogen (secondary N) is 1. The van der Waals surface area contributed by atoms with Gasteiger partial charge in [0.2, 0.25) is 0 Å². The first-order valence-electron chi connectivity index (χ1n) is 7.25. The lowest BCUT2D eigenvalue weighted by Crippen LogP contribution is -2.39. The molecule has 0 aliphatic heterocycles. The molecule has 0 amide bonds. The molecule has 0 heterocycles. The minimum absolute atomic E-state index is 0.343. The van der Waals surface area contributed by atoms with E-state index in [1.165, 1.54) is 37.7 Å². The Kier molecular flexibility index (Phi) is 4.65. The van der Waals surface area contributed by atoms with E-state index in [-0.39, 0.29) is 0 Å². The fraction of sp³-hybridized carbons (Fsp3) is 0.625. The molecule has 2 heteroatoms.